The second kappa shape index (κ2) is 6.62. The molecule has 23 heavy (non-hydrogen) atoms. The molecule has 0 radical (unpaired) electrons. The van der Waals surface area contributed by atoms with Crippen molar-refractivity contribution in [1.82, 2.24) is 9.97 Å². The first kappa shape index (κ1) is 15.2. The Morgan fingerprint density at radius 2 is 2.17 bits per heavy atom. The van der Waals surface area contributed by atoms with Crippen LogP contribution in [0.25, 0.3) is 10.2 Å². The first-order valence-electron chi connectivity index (χ1n) is 7.04. The molecule has 0 aliphatic carbocycles. The summed E-state index contributed by atoms with van der Waals surface area (Å²) in [5.41, 5.74) is 1.27. The third kappa shape index (κ3) is 3.40. The van der Waals surface area contributed by atoms with Crippen LogP contribution in [0.2, 0.25) is 0 Å². The van der Waals surface area contributed by atoms with Crippen LogP contribution in [0.3, 0.4) is 0 Å². The van der Waals surface area contributed by atoms with Gasteiger partial charge in [-0.2, -0.15) is 0 Å². The summed E-state index contributed by atoms with van der Waals surface area (Å²) in [5.74, 6) is 0.995. The van der Waals surface area contributed by atoms with E-state index in [1.54, 1.807) is 12.1 Å². The van der Waals surface area contributed by atoms with E-state index >= 15 is 0 Å². The second-order valence-electron chi connectivity index (χ2n) is 4.62. The van der Waals surface area contributed by atoms with Crippen molar-refractivity contribution < 1.29 is 14.3 Å². The van der Waals surface area contributed by atoms with Gasteiger partial charge < -0.3 is 9.47 Å². The van der Waals surface area contributed by atoms with Crippen molar-refractivity contribution in [3.05, 3.63) is 42.1 Å². The zero-order chi connectivity index (χ0) is 16.2. The second-order valence-corrected chi connectivity index (χ2v) is 5.66. The topological polar surface area (TPSA) is 73.3 Å². The van der Waals surface area contributed by atoms with Gasteiger partial charge >= 0.3 is 0 Å². The monoisotopic (exact) mass is 329 g/mol. The molecule has 6 nitrogen and oxygen atoms in total. The van der Waals surface area contributed by atoms with Crippen LogP contribution in [0.15, 0.2) is 36.5 Å². The number of pyridine rings is 1. The number of carbonyl (C=O) groups excluding carboxylic acids is 1. The van der Waals surface area contributed by atoms with Crippen LogP contribution in [0, 0.1) is 0 Å². The minimum atomic E-state index is -0.260. The Bertz CT molecular complexity index is 830. The van der Waals surface area contributed by atoms with Crippen molar-refractivity contribution in [3.8, 4) is 11.6 Å². The third-order valence-electron chi connectivity index (χ3n) is 3.10. The largest absolute Gasteiger partial charge is 0.494 e. The van der Waals surface area contributed by atoms with E-state index in [0.29, 0.717) is 23.2 Å². The van der Waals surface area contributed by atoms with Crippen LogP contribution in [-0.4, -0.2) is 29.6 Å². The van der Waals surface area contributed by atoms with Crippen LogP contribution in [0.1, 0.15) is 17.3 Å². The summed E-state index contributed by atoms with van der Waals surface area (Å²) >= 11 is 1.40. The van der Waals surface area contributed by atoms with Crippen molar-refractivity contribution in [3.63, 3.8) is 0 Å². The van der Waals surface area contributed by atoms with Crippen molar-refractivity contribution in [2.75, 3.05) is 19.0 Å². The number of hydrogen-bond donors (Lipinski definition) is 1. The maximum Gasteiger partial charge on any atom is 0.259 e. The number of nitrogens with one attached hydrogen (secondary N) is 1. The summed E-state index contributed by atoms with van der Waals surface area (Å²) < 4.78 is 11.4. The molecule has 7 heteroatoms. The smallest absolute Gasteiger partial charge is 0.259 e. The summed E-state index contributed by atoms with van der Waals surface area (Å²) in [5, 5.41) is 3.32. The number of benzene rings is 1. The number of ether oxygens (including phenoxy) is 2. The molecule has 0 aliphatic rings. The van der Waals surface area contributed by atoms with E-state index in [1.165, 1.54) is 24.6 Å². The number of carbonyl (C=O) groups is 1. The molecule has 3 rings (SSSR count). The maximum absolute atomic E-state index is 12.2. The fraction of sp³-hybridized carbons (Fsp3) is 0.188. The summed E-state index contributed by atoms with van der Waals surface area (Å²) in [6.45, 7) is 2.55. The van der Waals surface area contributed by atoms with Crippen LogP contribution >= 0.6 is 11.3 Å². The van der Waals surface area contributed by atoms with Crippen LogP contribution in [0.5, 0.6) is 11.6 Å². The molecular formula is C16H15N3O3S. The molecule has 1 N–H and O–H groups in total. The maximum atomic E-state index is 12.2. The zero-order valence-corrected chi connectivity index (χ0v) is 13.5. The van der Waals surface area contributed by atoms with Gasteiger partial charge in [0.2, 0.25) is 5.88 Å². The molecule has 0 saturated heterocycles. The number of aromatic nitrogens is 2. The number of nitrogens with zero attached hydrogens (tertiary/aromatic N) is 2. The van der Waals surface area contributed by atoms with Gasteiger partial charge in [-0.25, -0.2) is 9.97 Å². The lowest BCUT2D eigenvalue weighted by atomic mass is 10.3. The predicted octanol–water partition coefficient (Wildman–Crippen LogP) is 3.35. The zero-order valence-electron chi connectivity index (χ0n) is 12.7. The van der Waals surface area contributed by atoms with Gasteiger partial charge in [-0.3, -0.25) is 10.1 Å². The highest BCUT2D eigenvalue weighted by atomic mass is 32.1. The van der Waals surface area contributed by atoms with Crippen LogP contribution in [-0.2, 0) is 0 Å². The van der Waals surface area contributed by atoms with E-state index in [4.69, 9.17) is 9.47 Å². The van der Waals surface area contributed by atoms with E-state index < -0.39 is 0 Å². The minimum absolute atomic E-state index is 0.260. The fourth-order valence-electron chi connectivity index (χ4n) is 2.02. The Hall–Kier alpha value is -2.67. The van der Waals surface area contributed by atoms with Crippen molar-refractivity contribution >= 4 is 32.6 Å². The van der Waals surface area contributed by atoms with Crippen molar-refractivity contribution in [1.29, 1.82) is 0 Å². The standard InChI is InChI=1S/C16H15N3O3S/c1-3-22-11-5-6-12-13(8-11)23-16(18-12)19-15(20)10-4-7-14(21-2)17-9-10/h4-9H,3H2,1-2H3,(H,18,19,20). The fourth-order valence-corrected chi connectivity index (χ4v) is 2.91. The number of methoxy groups -OCH3 is 1. The molecule has 0 unspecified atom stereocenters. The third-order valence-corrected chi connectivity index (χ3v) is 4.03. The summed E-state index contributed by atoms with van der Waals surface area (Å²) in [6.07, 6.45) is 1.47. The van der Waals surface area contributed by atoms with Crippen molar-refractivity contribution in [2.45, 2.75) is 6.92 Å². The van der Waals surface area contributed by atoms with E-state index in [9.17, 15) is 4.79 Å². The molecule has 0 aliphatic heterocycles. The quantitative estimate of drug-likeness (QED) is 0.777. The molecule has 1 aromatic carbocycles. The lowest BCUT2D eigenvalue weighted by molar-refractivity contribution is 0.102. The molecule has 0 spiro atoms. The molecule has 3 aromatic rings. The van der Waals surface area contributed by atoms with E-state index in [-0.39, 0.29) is 5.91 Å². The molecule has 0 fully saturated rings. The summed E-state index contributed by atoms with van der Waals surface area (Å²) in [7, 11) is 1.53. The van der Waals surface area contributed by atoms with Gasteiger partial charge in [-0.1, -0.05) is 11.3 Å². The molecular weight excluding hydrogens is 314 g/mol. The number of amides is 1. The SMILES string of the molecule is CCOc1ccc2nc(NC(=O)c3ccc(OC)nc3)sc2c1. The normalized spacial score (nSPS) is 10.5. The molecule has 2 aromatic heterocycles. The molecule has 2 heterocycles. The van der Waals surface area contributed by atoms with Crippen molar-refractivity contribution in [2.24, 2.45) is 0 Å². The Morgan fingerprint density at radius 1 is 1.30 bits per heavy atom. The molecule has 0 atom stereocenters. The van der Waals surface area contributed by atoms with E-state index in [1.807, 2.05) is 25.1 Å². The lowest BCUT2D eigenvalue weighted by Gasteiger charge is -2.02. The van der Waals surface area contributed by atoms with Gasteiger partial charge in [0.15, 0.2) is 5.13 Å². The highest BCUT2D eigenvalue weighted by molar-refractivity contribution is 7.22. The van der Waals surface area contributed by atoms with Gasteiger partial charge in [-0.05, 0) is 31.2 Å². The van der Waals surface area contributed by atoms with Crippen LogP contribution < -0.4 is 14.8 Å². The number of fused-ring (bicyclic) bond motifs is 1. The van der Waals surface area contributed by atoms with E-state index in [0.717, 1.165) is 16.0 Å². The molecule has 0 bridgehead atoms. The summed E-state index contributed by atoms with van der Waals surface area (Å²) in [4.78, 5) is 20.6. The number of anilines is 1. The Morgan fingerprint density at radius 3 is 2.87 bits per heavy atom. The van der Waals surface area contributed by atoms with Gasteiger partial charge in [0.1, 0.15) is 5.75 Å². The highest BCUT2D eigenvalue weighted by Crippen LogP contribution is 2.29. The Kier molecular flexibility index (Phi) is 4.38. The molecule has 118 valence electrons. The van der Waals surface area contributed by atoms with Gasteiger partial charge in [0.25, 0.3) is 5.91 Å². The van der Waals surface area contributed by atoms with Gasteiger partial charge in [-0.15, -0.1) is 0 Å². The highest BCUT2D eigenvalue weighted by Gasteiger charge is 2.11. The average Bonchev–Trinajstić information content (AvgIpc) is 2.96. The van der Waals surface area contributed by atoms with Gasteiger partial charge in [0, 0.05) is 12.3 Å². The molecule has 1 amide bonds. The van der Waals surface area contributed by atoms with Gasteiger partial charge in [0.05, 0.1) is 29.5 Å². The van der Waals surface area contributed by atoms with Crippen LogP contribution in [0.4, 0.5) is 5.13 Å². The number of thiazole rings is 1. The molecule has 0 saturated carbocycles. The lowest BCUT2D eigenvalue weighted by Crippen LogP contribution is -2.11. The number of rotatable bonds is 5. The predicted molar refractivity (Wildman–Crippen MR) is 89.5 cm³/mol. The average molecular weight is 329 g/mol. The first-order valence-corrected chi connectivity index (χ1v) is 7.86. The first-order chi connectivity index (χ1) is 11.2. The summed E-state index contributed by atoms with van der Waals surface area (Å²) in [6, 6.07) is 8.95. The minimum Gasteiger partial charge on any atom is -0.494 e. The Labute approximate surface area is 137 Å². The Balaban J connectivity index is 1.78. The number of hydrogen-bond acceptors (Lipinski definition) is 6. The van der Waals surface area contributed by atoms with E-state index in [2.05, 4.69) is 15.3 Å².